The van der Waals surface area contributed by atoms with E-state index in [-0.39, 0.29) is 5.75 Å². The average Bonchev–Trinajstić information content (AvgIpc) is 2.15. The molecule has 0 rings (SSSR count). The second-order valence-electron chi connectivity index (χ2n) is 3.06. The van der Waals surface area contributed by atoms with Crippen LogP contribution in [0.3, 0.4) is 0 Å². The van der Waals surface area contributed by atoms with Crippen molar-refractivity contribution >= 4 is 21.8 Å². The summed E-state index contributed by atoms with van der Waals surface area (Å²) in [6.07, 6.45) is 4.54. The Hall–Kier alpha value is 0.220. The molecule has 0 fully saturated rings. The fraction of sp³-hybridized carbons (Fsp3) is 1.00. The average molecular weight is 240 g/mol. The van der Waals surface area contributed by atoms with Crippen molar-refractivity contribution in [1.82, 2.24) is 4.72 Å². The number of unbranched alkanes of at least 4 members (excludes halogenated alkanes) is 1. The normalized spacial score (nSPS) is 11.9. The van der Waals surface area contributed by atoms with Crippen molar-refractivity contribution in [2.75, 3.05) is 30.9 Å². The smallest absolute Gasteiger partial charge is 0.211 e. The lowest BCUT2D eigenvalue weighted by Gasteiger charge is -2.05. The summed E-state index contributed by atoms with van der Waals surface area (Å²) in [6, 6.07) is 0. The van der Waals surface area contributed by atoms with Gasteiger partial charge in [0.1, 0.15) is 0 Å². The van der Waals surface area contributed by atoms with Crippen molar-refractivity contribution in [3.63, 3.8) is 0 Å². The van der Waals surface area contributed by atoms with Gasteiger partial charge in [-0.05, 0) is 37.8 Å². The maximum absolute atomic E-state index is 11.3. The van der Waals surface area contributed by atoms with Crippen LogP contribution in [0.4, 0.5) is 0 Å². The van der Waals surface area contributed by atoms with E-state index < -0.39 is 10.0 Å². The Labute approximate surface area is 91.1 Å². The van der Waals surface area contributed by atoms with Gasteiger partial charge in [0.25, 0.3) is 0 Å². The molecule has 0 amide bonds. The molecule has 0 saturated carbocycles. The first kappa shape index (κ1) is 14.2. The SMILES string of the molecule is CSCCCCNS(=O)(=O)CCCN. The Balaban J connectivity index is 3.46. The van der Waals surface area contributed by atoms with Crippen molar-refractivity contribution in [3.05, 3.63) is 0 Å². The topological polar surface area (TPSA) is 72.2 Å². The van der Waals surface area contributed by atoms with E-state index in [1.807, 2.05) is 6.26 Å². The van der Waals surface area contributed by atoms with Crippen LogP contribution in [0.2, 0.25) is 0 Å². The highest BCUT2D eigenvalue weighted by Gasteiger charge is 2.07. The minimum Gasteiger partial charge on any atom is -0.330 e. The molecule has 14 heavy (non-hydrogen) atoms. The highest BCUT2D eigenvalue weighted by molar-refractivity contribution is 7.98. The summed E-state index contributed by atoms with van der Waals surface area (Å²) in [6.45, 7) is 0.973. The van der Waals surface area contributed by atoms with Crippen molar-refractivity contribution in [2.45, 2.75) is 19.3 Å². The summed E-state index contributed by atoms with van der Waals surface area (Å²) in [5, 5.41) is 0. The minimum absolute atomic E-state index is 0.145. The molecule has 0 aromatic carbocycles. The van der Waals surface area contributed by atoms with Crippen LogP contribution < -0.4 is 10.5 Å². The van der Waals surface area contributed by atoms with E-state index in [1.54, 1.807) is 11.8 Å². The molecule has 0 heterocycles. The van der Waals surface area contributed by atoms with Gasteiger partial charge in [-0.25, -0.2) is 13.1 Å². The van der Waals surface area contributed by atoms with Crippen molar-refractivity contribution < 1.29 is 8.42 Å². The van der Waals surface area contributed by atoms with Crippen LogP contribution in [0.5, 0.6) is 0 Å². The molecule has 0 aliphatic heterocycles. The van der Waals surface area contributed by atoms with Crippen molar-refractivity contribution in [2.24, 2.45) is 5.73 Å². The predicted molar refractivity (Wildman–Crippen MR) is 63.1 cm³/mol. The van der Waals surface area contributed by atoms with Gasteiger partial charge in [0, 0.05) is 6.54 Å². The lowest BCUT2D eigenvalue weighted by molar-refractivity contribution is 0.576. The number of nitrogens with two attached hydrogens (primary N) is 1. The lowest BCUT2D eigenvalue weighted by Crippen LogP contribution is -2.28. The second-order valence-corrected chi connectivity index (χ2v) is 5.97. The van der Waals surface area contributed by atoms with E-state index in [1.165, 1.54) is 0 Å². The third kappa shape index (κ3) is 8.80. The fourth-order valence-corrected chi connectivity index (χ4v) is 2.58. The molecule has 0 aliphatic rings. The molecular formula is C8H20N2O2S2. The number of sulfonamides is 1. The first-order valence-corrected chi connectivity index (χ1v) is 7.83. The predicted octanol–water partition coefficient (Wildman–Crippen LogP) is 0.398. The van der Waals surface area contributed by atoms with Crippen LogP contribution in [0.25, 0.3) is 0 Å². The largest absolute Gasteiger partial charge is 0.330 e. The molecule has 6 heteroatoms. The van der Waals surface area contributed by atoms with Gasteiger partial charge in [0.05, 0.1) is 5.75 Å². The van der Waals surface area contributed by atoms with Gasteiger partial charge in [-0.3, -0.25) is 0 Å². The Kier molecular flexibility index (Phi) is 8.66. The van der Waals surface area contributed by atoms with Gasteiger partial charge in [-0.2, -0.15) is 11.8 Å². The fourth-order valence-electron chi connectivity index (χ4n) is 0.945. The van der Waals surface area contributed by atoms with Gasteiger partial charge in [0.15, 0.2) is 0 Å². The van der Waals surface area contributed by atoms with Gasteiger partial charge in [-0.1, -0.05) is 0 Å². The number of hydrogen-bond donors (Lipinski definition) is 2. The maximum Gasteiger partial charge on any atom is 0.211 e. The molecule has 0 atom stereocenters. The highest BCUT2D eigenvalue weighted by atomic mass is 32.2. The first-order chi connectivity index (χ1) is 6.62. The summed E-state index contributed by atoms with van der Waals surface area (Å²) < 4.78 is 25.1. The monoisotopic (exact) mass is 240 g/mol. The van der Waals surface area contributed by atoms with Crippen LogP contribution in [-0.4, -0.2) is 39.3 Å². The molecular weight excluding hydrogens is 220 g/mol. The Morgan fingerprint density at radius 1 is 1.29 bits per heavy atom. The van der Waals surface area contributed by atoms with Crippen LogP contribution in [0, 0.1) is 0 Å². The highest BCUT2D eigenvalue weighted by Crippen LogP contribution is 1.98. The molecule has 0 aromatic rings. The number of thioether (sulfide) groups is 1. The molecule has 0 saturated heterocycles. The second kappa shape index (κ2) is 8.52. The van der Waals surface area contributed by atoms with Gasteiger partial charge in [-0.15, -0.1) is 0 Å². The van der Waals surface area contributed by atoms with E-state index in [0.29, 0.717) is 19.5 Å². The molecule has 0 radical (unpaired) electrons. The van der Waals surface area contributed by atoms with Crippen LogP contribution in [-0.2, 0) is 10.0 Å². The Bertz CT molecular complexity index is 217. The van der Waals surface area contributed by atoms with Crippen molar-refractivity contribution in [3.8, 4) is 0 Å². The summed E-state index contributed by atoms with van der Waals surface area (Å²) >= 11 is 1.78. The third-order valence-corrected chi connectivity index (χ3v) is 3.88. The summed E-state index contributed by atoms with van der Waals surface area (Å²) in [5.74, 6) is 1.23. The Morgan fingerprint density at radius 3 is 2.57 bits per heavy atom. The van der Waals surface area contributed by atoms with Crippen molar-refractivity contribution in [1.29, 1.82) is 0 Å². The van der Waals surface area contributed by atoms with Gasteiger partial charge >= 0.3 is 0 Å². The number of nitrogens with one attached hydrogen (secondary N) is 1. The van der Waals surface area contributed by atoms with E-state index >= 15 is 0 Å². The summed E-state index contributed by atoms with van der Waals surface area (Å²) in [5.41, 5.74) is 5.24. The molecule has 0 bridgehead atoms. The van der Waals surface area contributed by atoms with Crippen LogP contribution in [0.1, 0.15) is 19.3 Å². The van der Waals surface area contributed by atoms with Gasteiger partial charge < -0.3 is 5.73 Å². The Morgan fingerprint density at radius 2 is 2.00 bits per heavy atom. The standard InChI is InChI=1S/C8H20N2O2S2/c1-13-7-3-2-6-10-14(11,12)8-4-5-9/h10H,2-9H2,1H3. The van der Waals surface area contributed by atoms with Crippen LogP contribution in [0.15, 0.2) is 0 Å². The zero-order valence-corrected chi connectivity index (χ0v) is 10.3. The first-order valence-electron chi connectivity index (χ1n) is 4.78. The zero-order chi connectivity index (χ0) is 10.9. The molecule has 3 N–H and O–H groups in total. The minimum atomic E-state index is -3.07. The molecule has 4 nitrogen and oxygen atoms in total. The number of rotatable bonds is 9. The molecule has 0 spiro atoms. The van der Waals surface area contributed by atoms with E-state index in [0.717, 1.165) is 18.6 Å². The van der Waals surface area contributed by atoms with Crippen LogP contribution >= 0.6 is 11.8 Å². The van der Waals surface area contributed by atoms with Gasteiger partial charge in [0.2, 0.25) is 10.0 Å². The third-order valence-electron chi connectivity index (χ3n) is 1.71. The zero-order valence-electron chi connectivity index (χ0n) is 8.66. The van der Waals surface area contributed by atoms with E-state index in [2.05, 4.69) is 4.72 Å². The quantitative estimate of drug-likeness (QED) is 0.572. The molecule has 86 valence electrons. The summed E-state index contributed by atoms with van der Waals surface area (Å²) in [7, 11) is -3.07. The molecule has 0 unspecified atom stereocenters. The molecule has 0 aromatic heterocycles. The summed E-state index contributed by atoms with van der Waals surface area (Å²) in [4.78, 5) is 0. The van der Waals surface area contributed by atoms with E-state index in [9.17, 15) is 8.42 Å². The van der Waals surface area contributed by atoms with E-state index in [4.69, 9.17) is 5.73 Å². The number of hydrogen-bond acceptors (Lipinski definition) is 4. The molecule has 0 aliphatic carbocycles. The lowest BCUT2D eigenvalue weighted by atomic mass is 10.3. The maximum atomic E-state index is 11.3.